The molecular weight excluding hydrogens is 1270 g/mol. The number of rotatable bonds is 63. The second-order valence-corrected chi connectivity index (χ2v) is 28.5. The van der Waals surface area contributed by atoms with E-state index in [0.29, 0.717) is 12.8 Å². The minimum atomic E-state index is -1.98. The van der Waals surface area contributed by atoms with Crippen molar-refractivity contribution in [1.29, 1.82) is 0 Å². The molecule has 0 aliphatic carbocycles. The molecule has 0 aromatic rings. The fourth-order valence-electron chi connectivity index (χ4n) is 13.2. The summed E-state index contributed by atoms with van der Waals surface area (Å²) in [6, 6.07) is -0.998. The van der Waals surface area contributed by atoms with E-state index in [1.165, 1.54) is 212 Å². The van der Waals surface area contributed by atoms with E-state index in [1.54, 1.807) is 6.08 Å². The molecule has 582 valence electrons. The summed E-state index contributed by atoms with van der Waals surface area (Å²) in [7, 11) is 0. The fourth-order valence-corrected chi connectivity index (χ4v) is 13.2. The normalized spacial score (nSPS) is 26.8. The lowest BCUT2D eigenvalue weighted by Crippen LogP contribution is -2.66. The lowest BCUT2D eigenvalue weighted by Gasteiger charge is -2.48. The maximum Gasteiger partial charge on any atom is 0.220 e. The van der Waals surface area contributed by atoms with E-state index >= 15 is 0 Å². The van der Waals surface area contributed by atoms with E-state index < -0.39 is 124 Å². The third-order valence-corrected chi connectivity index (χ3v) is 19.7. The van der Waals surface area contributed by atoms with Crippen molar-refractivity contribution in [3.8, 4) is 0 Å². The van der Waals surface area contributed by atoms with Crippen molar-refractivity contribution in [1.82, 2.24) is 5.32 Å². The first-order valence-electron chi connectivity index (χ1n) is 40.2. The van der Waals surface area contributed by atoms with Gasteiger partial charge >= 0.3 is 0 Å². The van der Waals surface area contributed by atoms with E-state index in [-0.39, 0.29) is 18.9 Å². The van der Waals surface area contributed by atoms with Gasteiger partial charge in [-0.1, -0.05) is 286 Å². The molecule has 19 nitrogen and oxygen atoms in total. The number of aliphatic hydroxyl groups is 11. The van der Waals surface area contributed by atoms with Crippen LogP contribution in [0.2, 0.25) is 0 Å². The van der Waals surface area contributed by atoms with Crippen LogP contribution in [-0.2, 0) is 33.2 Å². The Kier molecular flexibility index (Phi) is 56.1. The van der Waals surface area contributed by atoms with Gasteiger partial charge in [0.15, 0.2) is 18.9 Å². The number of carbonyl (C=O) groups is 1. The summed E-state index contributed by atoms with van der Waals surface area (Å²) in [4.78, 5) is 13.4. The third kappa shape index (κ3) is 41.2. The van der Waals surface area contributed by atoms with Gasteiger partial charge in [-0.2, -0.15) is 0 Å². The summed E-state index contributed by atoms with van der Waals surface area (Å²) in [6.45, 7) is 1.70. The van der Waals surface area contributed by atoms with E-state index in [2.05, 4.69) is 79.9 Å². The van der Waals surface area contributed by atoms with Crippen LogP contribution in [0.3, 0.4) is 0 Å². The van der Waals surface area contributed by atoms with Crippen LogP contribution in [0.4, 0.5) is 0 Å². The van der Waals surface area contributed by atoms with Gasteiger partial charge in [0.25, 0.3) is 0 Å². The van der Waals surface area contributed by atoms with Crippen molar-refractivity contribution in [3.05, 3.63) is 72.9 Å². The summed E-state index contributed by atoms with van der Waals surface area (Å²) < 4.78 is 34.4. The SMILES string of the molecule is CCCCCCC/C=C\C/C=C\C/C=C\CCCCCCCCCCCCCCCCCCCCCCCCCCC(=O)NC(COC1OC(CO)C(OC2OC(CO)C(OC3OC(CO)C(O)C(O)C3O)C(O)C2O)C(O)C1O)C(O)/C=C/CC/C=C/CC/C=C/CCCCCCCC. The predicted molar refractivity (Wildman–Crippen MR) is 397 cm³/mol. The van der Waals surface area contributed by atoms with Gasteiger partial charge in [-0.25, -0.2) is 0 Å². The average molecular weight is 1420 g/mol. The largest absolute Gasteiger partial charge is 0.394 e. The number of hydrogen-bond acceptors (Lipinski definition) is 18. The highest BCUT2D eigenvalue weighted by atomic mass is 16.8. The molecule has 3 rings (SSSR count). The first-order valence-corrected chi connectivity index (χ1v) is 40.2. The second kappa shape index (κ2) is 61.4. The maximum absolute atomic E-state index is 13.4. The Hall–Kier alpha value is -2.77. The highest BCUT2D eigenvalue weighted by molar-refractivity contribution is 5.76. The number of unbranched alkanes of at least 4 members (excludes halogenated alkanes) is 37. The summed E-state index contributed by atoms with van der Waals surface area (Å²) in [5.74, 6) is -0.287. The van der Waals surface area contributed by atoms with Gasteiger partial charge < -0.3 is 89.9 Å². The summed E-state index contributed by atoms with van der Waals surface area (Å²) in [5.41, 5.74) is 0. The Labute approximate surface area is 604 Å². The molecule has 0 aromatic carbocycles. The number of aliphatic hydroxyl groups excluding tert-OH is 11. The Balaban J connectivity index is 1.31. The minimum Gasteiger partial charge on any atom is -0.394 e. The average Bonchev–Trinajstić information content (AvgIpc) is 0.784. The van der Waals surface area contributed by atoms with E-state index in [0.717, 1.165) is 57.8 Å². The van der Waals surface area contributed by atoms with Gasteiger partial charge in [0.05, 0.1) is 38.6 Å². The van der Waals surface area contributed by atoms with Gasteiger partial charge in [0, 0.05) is 6.42 Å². The van der Waals surface area contributed by atoms with Crippen LogP contribution in [-0.4, -0.2) is 193 Å². The zero-order valence-corrected chi connectivity index (χ0v) is 62.2. The van der Waals surface area contributed by atoms with Crippen molar-refractivity contribution in [2.45, 2.75) is 407 Å². The number of nitrogens with one attached hydrogen (secondary N) is 1. The first-order chi connectivity index (χ1) is 48.8. The molecule has 0 spiro atoms. The smallest absolute Gasteiger partial charge is 0.220 e. The van der Waals surface area contributed by atoms with Crippen molar-refractivity contribution in [3.63, 3.8) is 0 Å². The Bertz CT molecular complexity index is 2090. The molecule has 0 saturated carbocycles. The fraction of sp³-hybridized carbons (Fsp3) is 0.840. The van der Waals surface area contributed by atoms with Crippen molar-refractivity contribution in [2.75, 3.05) is 26.4 Å². The summed E-state index contributed by atoms with van der Waals surface area (Å²) in [6.07, 6.45) is 53.5. The molecule has 1 amide bonds. The first kappa shape index (κ1) is 91.4. The van der Waals surface area contributed by atoms with Gasteiger partial charge in [-0.15, -0.1) is 0 Å². The van der Waals surface area contributed by atoms with Crippen LogP contribution in [0.15, 0.2) is 72.9 Å². The number of ether oxygens (including phenoxy) is 6. The van der Waals surface area contributed by atoms with Crippen LogP contribution in [0.5, 0.6) is 0 Å². The molecule has 17 atom stereocenters. The van der Waals surface area contributed by atoms with Gasteiger partial charge in [0.2, 0.25) is 5.91 Å². The van der Waals surface area contributed by atoms with Crippen LogP contribution in [0.25, 0.3) is 0 Å². The predicted octanol–water partition coefficient (Wildman–Crippen LogP) is 13.2. The van der Waals surface area contributed by atoms with E-state index in [1.807, 2.05) is 6.08 Å². The van der Waals surface area contributed by atoms with Crippen molar-refractivity contribution >= 4 is 5.91 Å². The molecule has 0 radical (unpaired) electrons. The number of hydrogen-bond donors (Lipinski definition) is 12. The van der Waals surface area contributed by atoms with Crippen LogP contribution >= 0.6 is 0 Å². The monoisotopic (exact) mass is 1420 g/mol. The molecular formula is C81H145NO18. The van der Waals surface area contributed by atoms with Crippen LogP contribution < -0.4 is 5.32 Å². The highest BCUT2D eigenvalue weighted by Crippen LogP contribution is 2.33. The third-order valence-electron chi connectivity index (χ3n) is 19.7. The lowest BCUT2D eigenvalue weighted by molar-refractivity contribution is -0.379. The van der Waals surface area contributed by atoms with E-state index in [9.17, 15) is 61.0 Å². The standard InChI is InChI=1S/C81H145NO18/c1-3-5-7-9-11-13-15-17-19-21-22-23-24-25-26-27-28-29-30-31-32-33-34-35-36-37-38-39-40-41-42-43-45-47-49-51-53-55-57-59-69(87)82-64(65(86)58-56-54-52-50-48-46-44-20-18-16-14-12-10-8-6-4-2)63-95-79-75(93)72(90)77(67(61-84)97-79)100-81-76(94)73(91)78(68(62-85)98-81)99-80-74(92)71(89)70(88)66(60-83)96-80/h15,17-18,20-22,24-25,48,50,56,58,64-68,70-81,83-86,88-94H,3-14,16,19,23,26-47,49,51-55,57,59-63H2,1-2H3,(H,82,87)/b17-15-,20-18+,22-21-,25-24-,50-48+,58-56+. The topological polar surface area (TPSA) is 307 Å². The molecule has 3 heterocycles. The number of amides is 1. The van der Waals surface area contributed by atoms with Crippen LogP contribution in [0.1, 0.15) is 303 Å². The Morgan fingerprint density at radius 2 is 0.670 bits per heavy atom. The maximum atomic E-state index is 13.4. The molecule has 17 unspecified atom stereocenters. The molecule has 3 saturated heterocycles. The minimum absolute atomic E-state index is 0.233. The molecule has 3 aliphatic heterocycles. The molecule has 0 aromatic heterocycles. The van der Waals surface area contributed by atoms with Crippen LogP contribution in [0, 0.1) is 0 Å². The summed E-state index contributed by atoms with van der Waals surface area (Å²) >= 11 is 0. The molecule has 0 bridgehead atoms. The highest BCUT2D eigenvalue weighted by Gasteiger charge is 2.54. The zero-order chi connectivity index (χ0) is 72.5. The quantitative estimate of drug-likeness (QED) is 0.0199. The lowest BCUT2D eigenvalue weighted by atomic mass is 9.96. The molecule has 3 fully saturated rings. The molecule has 19 heteroatoms. The van der Waals surface area contributed by atoms with Gasteiger partial charge in [-0.05, 0) is 83.5 Å². The molecule has 12 N–H and O–H groups in total. The Morgan fingerprint density at radius 3 is 1.07 bits per heavy atom. The Morgan fingerprint density at radius 1 is 0.360 bits per heavy atom. The van der Waals surface area contributed by atoms with Crippen molar-refractivity contribution in [2.24, 2.45) is 0 Å². The summed E-state index contributed by atoms with van der Waals surface area (Å²) in [5, 5.41) is 121. The number of carbonyl (C=O) groups excluding carboxylic acids is 1. The molecule has 100 heavy (non-hydrogen) atoms. The molecule has 3 aliphatic rings. The van der Waals surface area contributed by atoms with Crippen molar-refractivity contribution < 1.29 is 89.4 Å². The van der Waals surface area contributed by atoms with Gasteiger partial charge in [0.1, 0.15) is 73.2 Å². The van der Waals surface area contributed by atoms with E-state index in [4.69, 9.17) is 28.4 Å². The van der Waals surface area contributed by atoms with Gasteiger partial charge in [-0.3, -0.25) is 4.79 Å². The second-order valence-electron chi connectivity index (χ2n) is 28.5. The number of allylic oxidation sites excluding steroid dienone is 11. The zero-order valence-electron chi connectivity index (χ0n) is 62.2.